The van der Waals surface area contributed by atoms with E-state index in [0.29, 0.717) is 12.2 Å². The molecule has 0 bridgehead atoms. The van der Waals surface area contributed by atoms with Gasteiger partial charge in [0, 0.05) is 6.54 Å². The van der Waals surface area contributed by atoms with E-state index in [9.17, 15) is 13.2 Å². The van der Waals surface area contributed by atoms with Crippen molar-refractivity contribution >= 4 is 21.6 Å². The fraction of sp³-hybridized carbons (Fsp3) is 0.500. The Balaban J connectivity index is 2.18. The van der Waals surface area contributed by atoms with Gasteiger partial charge < -0.3 is 10.6 Å². The number of hydrogen-bond acceptors (Lipinski definition) is 4. The summed E-state index contributed by atoms with van der Waals surface area (Å²) in [5.41, 5.74) is 0.316. The van der Waals surface area contributed by atoms with Gasteiger partial charge in [-0.2, -0.15) is 0 Å². The van der Waals surface area contributed by atoms with Crippen molar-refractivity contribution in [3.63, 3.8) is 0 Å². The van der Waals surface area contributed by atoms with E-state index in [4.69, 9.17) is 0 Å². The highest BCUT2D eigenvalue weighted by atomic mass is 32.2. The normalized spacial score (nSPS) is 19.2. The number of benzene rings is 1. The minimum Gasteiger partial charge on any atom is -0.324 e. The smallest absolute Gasteiger partial charge is 0.242 e. The third-order valence-corrected chi connectivity index (χ3v) is 5.00. The van der Waals surface area contributed by atoms with Crippen LogP contribution in [0.2, 0.25) is 0 Å². The Kier molecular flexibility index (Phi) is 5.33. The molecule has 0 aliphatic carbocycles. The van der Waals surface area contributed by atoms with Crippen molar-refractivity contribution in [2.24, 2.45) is 0 Å². The lowest BCUT2D eigenvalue weighted by Crippen LogP contribution is -2.43. The van der Waals surface area contributed by atoms with Crippen LogP contribution in [0.15, 0.2) is 29.2 Å². The monoisotopic (exact) mass is 311 g/mol. The Labute approximate surface area is 125 Å². The Hall–Kier alpha value is -1.44. The van der Waals surface area contributed by atoms with Gasteiger partial charge in [-0.25, -0.2) is 13.1 Å². The van der Waals surface area contributed by atoms with E-state index >= 15 is 0 Å². The maximum atomic E-state index is 12.2. The van der Waals surface area contributed by atoms with Crippen molar-refractivity contribution in [3.8, 4) is 0 Å². The standard InChI is InChI=1S/C14H21N3O3S/c1-2-16-21(19,20)13-9-4-3-7-11(13)17-14(18)12-8-5-6-10-15-12/h3-4,7,9,12,15-16H,2,5-6,8,10H2,1H3,(H,17,18)/t12-/m0/s1. The summed E-state index contributed by atoms with van der Waals surface area (Å²) in [6.07, 6.45) is 2.84. The van der Waals surface area contributed by atoms with E-state index < -0.39 is 10.0 Å². The molecule has 0 radical (unpaired) electrons. The zero-order valence-corrected chi connectivity index (χ0v) is 12.9. The van der Waals surface area contributed by atoms with Crippen molar-refractivity contribution in [2.45, 2.75) is 37.1 Å². The molecule has 1 aromatic rings. The molecule has 1 heterocycles. The average molecular weight is 311 g/mol. The van der Waals surface area contributed by atoms with Crippen LogP contribution in [0.4, 0.5) is 5.69 Å². The molecule has 1 atom stereocenters. The van der Waals surface area contributed by atoms with Gasteiger partial charge in [-0.3, -0.25) is 4.79 Å². The predicted molar refractivity (Wildman–Crippen MR) is 81.6 cm³/mol. The third-order valence-electron chi connectivity index (χ3n) is 3.40. The number of hydrogen-bond donors (Lipinski definition) is 3. The van der Waals surface area contributed by atoms with Crippen molar-refractivity contribution in [2.75, 3.05) is 18.4 Å². The summed E-state index contributed by atoms with van der Waals surface area (Å²) < 4.78 is 26.7. The van der Waals surface area contributed by atoms with E-state index in [1.54, 1.807) is 25.1 Å². The Morgan fingerprint density at radius 3 is 2.76 bits per heavy atom. The van der Waals surface area contributed by atoms with Crippen LogP contribution in [0.3, 0.4) is 0 Å². The van der Waals surface area contributed by atoms with E-state index in [1.807, 2.05) is 0 Å². The average Bonchev–Trinajstić information content (AvgIpc) is 2.48. The van der Waals surface area contributed by atoms with Crippen LogP contribution in [0.1, 0.15) is 26.2 Å². The number of nitrogens with one attached hydrogen (secondary N) is 3. The third kappa shape index (κ3) is 4.03. The number of anilines is 1. The van der Waals surface area contributed by atoms with E-state index in [1.165, 1.54) is 6.07 Å². The summed E-state index contributed by atoms with van der Waals surface area (Å²) in [5.74, 6) is -0.186. The lowest BCUT2D eigenvalue weighted by Gasteiger charge is -2.23. The van der Waals surface area contributed by atoms with Crippen LogP contribution < -0.4 is 15.4 Å². The van der Waals surface area contributed by atoms with Crippen molar-refractivity contribution < 1.29 is 13.2 Å². The number of carbonyl (C=O) groups excluding carboxylic acids is 1. The molecule has 6 nitrogen and oxygen atoms in total. The molecule has 1 fully saturated rings. The molecule has 21 heavy (non-hydrogen) atoms. The molecule has 0 spiro atoms. The van der Waals surface area contributed by atoms with Gasteiger partial charge in [0.15, 0.2) is 0 Å². The van der Waals surface area contributed by atoms with E-state index in [2.05, 4.69) is 15.4 Å². The van der Waals surface area contributed by atoms with Gasteiger partial charge in [0.2, 0.25) is 15.9 Å². The number of rotatable bonds is 5. The molecule has 1 aliphatic rings. The van der Waals surface area contributed by atoms with Crippen LogP contribution in [-0.4, -0.2) is 33.5 Å². The summed E-state index contributed by atoms with van der Waals surface area (Å²) in [7, 11) is -3.60. The molecule has 116 valence electrons. The number of para-hydroxylation sites is 1. The summed E-state index contributed by atoms with van der Waals surface area (Å²) >= 11 is 0. The minimum atomic E-state index is -3.60. The maximum absolute atomic E-state index is 12.2. The molecule has 7 heteroatoms. The Bertz CT molecular complexity index is 595. The van der Waals surface area contributed by atoms with Crippen LogP contribution >= 0.6 is 0 Å². The molecule has 2 rings (SSSR count). The lowest BCUT2D eigenvalue weighted by atomic mass is 10.0. The molecule has 1 aromatic carbocycles. The van der Waals surface area contributed by atoms with Gasteiger partial charge in [-0.15, -0.1) is 0 Å². The van der Waals surface area contributed by atoms with Gasteiger partial charge >= 0.3 is 0 Å². The Morgan fingerprint density at radius 1 is 1.33 bits per heavy atom. The second-order valence-electron chi connectivity index (χ2n) is 4.99. The number of piperidine rings is 1. The van der Waals surface area contributed by atoms with Crippen molar-refractivity contribution in [1.82, 2.24) is 10.0 Å². The molecule has 1 saturated heterocycles. The van der Waals surface area contributed by atoms with Crippen LogP contribution in [0.5, 0.6) is 0 Å². The topological polar surface area (TPSA) is 87.3 Å². The predicted octanol–water partition coefficient (Wildman–Crippen LogP) is 1.07. The largest absolute Gasteiger partial charge is 0.324 e. The first-order chi connectivity index (χ1) is 10.0. The van der Waals surface area contributed by atoms with Gasteiger partial charge in [0.1, 0.15) is 4.90 Å². The van der Waals surface area contributed by atoms with Gasteiger partial charge in [0.25, 0.3) is 0 Å². The van der Waals surface area contributed by atoms with Crippen LogP contribution in [-0.2, 0) is 14.8 Å². The van der Waals surface area contributed by atoms with Gasteiger partial charge in [-0.1, -0.05) is 25.5 Å². The quantitative estimate of drug-likeness (QED) is 0.759. The highest BCUT2D eigenvalue weighted by molar-refractivity contribution is 7.89. The summed E-state index contributed by atoms with van der Waals surface area (Å²) in [4.78, 5) is 12.3. The zero-order chi connectivity index (χ0) is 15.3. The van der Waals surface area contributed by atoms with Gasteiger partial charge in [-0.05, 0) is 31.5 Å². The Morgan fingerprint density at radius 2 is 2.10 bits per heavy atom. The highest BCUT2D eigenvalue weighted by Crippen LogP contribution is 2.21. The molecule has 3 N–H and O–H groups in total. The first-order valence-electron chi connectivity index (χ1n) is 7.17. The fourth-order valence-electron chi connectivity index (χ4n) is 2.37. The van der Waals surface area contributed by atoms with Crippen LogP contribution in [0, 0.1) is 0 Å². The molecule has 0 unspecified atom stereocenters. The molecule has 1 amide bonds. The number of sulfonamides is 1. The number of carbonyl (C=O) groups is 1. The van der Waals surface area contributed by atoms with Crippen LogP contribution in [0.25, 0.3) is 0 Å². The molecular formula is C14H21N3O3S. The maximum Gasteiger partial charge on any atom is 0.242 e. The van der Waals surface area contributed by atoms with E-state index in [0.717, 1.165) is 25.8 Å². The SMILES string of the molecule is CCNS(=O)(=O)c1ccccc1NC(=O)[C@@H]1CCCCN1. The van der Waals surface area contributed by atoms with Crippen molar-refractivity contribution in [3.05, 3.63) is 24.3 Å². The minimum absolute atomic E-state index is 0.0935. The highest BCUT2D eigenvalue weighted by Gasteiger charge is 2.23. The molecule has 0 aromatic heterocycles. The molecular weight excluding hydrogens is 290 g/mol. The lowest BCUT2D eigenvalue weighted by molar-refractivity contribution is -0.118. The second-order valence-corrected chi connectivity index (χ2v) is 6.72. The first-order valence-corrected chi connectivity index (χ1v) is 8.66. The first kappa shape index (κ1) is 15.9. The summed E-state index contributed by atoms with van der Waals surface area (Å²) in [5, 5.41) is 5.87. The summed E-state index contributed by atoms with van der Waals surface area (Å²) in [6, 6.07) is 6.18. The molecule has 1 aliphatic heterocycles. The zero-order valence-electron chi connectivity index (χ0n) is 12.1. The molecule has 0 saturated carbocycles. The number of amides is 1. The summed E-state index contributed by atoms with van der Waals surface area (Å²) in [6.45, 7) is 2.83. The van der Waals surface area contributed by atoms with Crippen molar-refractivity contribution in [1.29, 1.82) is 0 Å². The fourth-order valence-corrected chi connectivity index (χ4v) is 3.57. The van der Waals surface area contributed by atoms with Gasteiger partial charge in [0.05, 0.1) is 11.7 Å². The van der Waals surface area contributed by atoms with E-state index in [-0.39, 0.29) is 16.8 Å². The second kappa shape index (κ2) is 7.02.